The number of aryl methyl sites for hydroxylation is 1. The van der Waals surface area contributed by atoms with Crippen LogP contribution in [0.3, 0.4) is 0 Å². The number of aromatic nitrogens is 1. The molecule has 0 unspecified atom stereocenters. The number of ketones is 1. The lowest BCUT2D eigenvalue weighted by molar-refractivity contribution is -0.118. The van der Waals surface area contributed by atoms with Crippen LogP contribution in [0, 0.1) is 24.4 Å². The van der Waals surface area contributed by atoms with Crippen molar-refractivity contribution in [1.29, 1.82) is 0 Å². The summed E-state index contributed by atoms with van der Waals surface area (Å²) in [4.78, 5) is 13.3. The van der Waals surface area contributed by atoms with Crippen molar-refractivity contribution in [3.63, 3.8) is 0 Å². The van der Waals surface area contributed by atoms with Crippen molar-refractivity contribution in [1.82, 2.24) is 5.16 Å². The second-order valence-corrected chi connectivity index (χ2v) is 9.31. The lowest BCUT2D eigenvalue weighted by Gasteiger charge is -2.17. The molecule has 0 saturated heterocycles. The van der Waals surface area contributed by atoms with Crippen molar-refractivity contribution >= 4 is 11.4 Å². The van der Waals surface area contributed by atoms with Gasteiger partial charge in [0.1, 0.15) is 29.5 Å². The molecular weight excluding hydrogens is 463 g/mol. The van der Waals surface area contributed by atoms with Gasteiger partial charge < -0.3 is 4.52 Å². The van der Waals surface area contributed by atoms with Crippen LogP contribution in [0.5, 0.6) is 0 Å². The second-order valence-electron chi connectivity index (χ2n) is 9.31. The van der Waals surface area contributed by atoms with Gasteiger partial charge in [0.25, 0.3) is 0 Å². The fourth-order valence-electron chi connectivity index (χ4n) is 4.86. The van der Waals surface area contributed by atoms with E-state index in [2.05, 4.69) is 5.16 Å². The van der Waals surface area contributed by atoms with Crippen molar-refractivity contribution < 1.29 is 22.5 Å². The first kappa shape index (κ1) is 23.8. The van der Waals surface area contributed by atoms with Crippen LogP contribution in [0.25, 0.3) is 16.7 Å². The van der Waals surface area contributed by atoms with Gasteiger partial charge >= 0.3 is 0 Å². The Kier molecular flexibility index (Phi) is 6.59. The van der Waals surface area contributed by atoms with Crippen molar-refractivity contribution in [3.8, 4) is 11.1 Å². The molecule has 1 aliphatic rings. The zero-order valence-corrected chi connectivity index (χ0v) is 19.7. The lowest BCUT2D eigenvalue weighted by Crippen LogP contribution is -2.12. The Morgan fingerprint density at radius 1 is 0.944 bits per heavy atom. The van der Waals surface area contributed by atoms with Crippen molar-refractivity contribution in [2.24, 2.45) is 0 Å². The molecule has 3 nitrogen and oxygen atoms in total. The highest BCUT2D eigenvalue weighted by Crippen LogP contribution is 2.36. The second kappa shape index (κ2) is 9.97. The Labute approximate surface area is 207 Å². The van der Waals surface area contributed by atoms with Crippen LogP contribution in [-0.4, -0.2) is 10.9 Å². The molecule has 1 atom stereocenters. The van der Waals surface area contributed by atoms with Crippen LogP contribution < -0.4 is 0 Å². The number of carbonyl (C=O) groups excluding carboxylic acids is 1. The van der Waals surface area contributed by atoms with E-state index in [-0.39, 0.29) is 30.9 Å². The molecule has 1 aliphatic carbocycles. The average Bonchev–Trinajstić information content (AvgIpc) is 3.46. The molecule has 4 aromatic rings. The first-order valence-electron chi connectivity index (χ1n) is 11.8. The first-order chi connectivity index (χ1) is 17.4. The summed E-state index contributed by atoms with van der Waals surface area (Å²) in [5.74, 6) is -2.24. The SMILES string of the molecule is Cc1ccc(-c2conc2[C@@H](CC(=O)CC2=CCc3ccc(F)cc32)Cc2cc(F)cc(F)c2)cc1. The van der Waals surface area contributed by atoms with E-state index in [1.807, 2.05) is 37.3 Å². The van der Waals surface area contributed by atoms with Gasteiger partial charge in [-0.1, -0.05) is 47.1 Å². The maximum atomic E-state index is 13.9. The molecule has 1 aromatic heterocycles. The highest BCUT2D eigenvalue weighted by atomic mass is 19.1. The maximum absolute atomic E-state index is 13.9. The van der Waals surface area contributed by atoms with E-state index in [0.717, 1.165) is 39.5 Å². The molecule has 36 heavy (non-hydrogen) atoms. The molecule has 182 valence electrons. The lowest BCUT2D eigenvalue weighted by atomic mass is 9.86. The van der Waals surface area contributed by atoms with Gasteiger partial charge in [-0.3, -0.25) is 4.79 Å². The number of rotatable bonds is 8. The van der Waals surface area contributed by atoms with Crippen LogP contribution in [0.4, 0.5) is 13.2 Å². The number of hydrogen-bond acceptors (Lipinski definition) is 3. The Balaban J connectivity index is 1.44. The number of benzene rings is 3. The number of halogens is 3. The predicted molar refractivity (Wildman–Crippen MR) is 132 cm³/mol. The topological polar surface area (TPSA) is 43.1 Å². The van der Waals surface area contributed by atoms with Crippen molar-refractivity contribution in [2.45, 2.75) is 38.5 Å². The van der Waals surface area contributed by atoms with Gasteiger partial charge in [0, 0.05) is 30.4 Å². The van der Waals surface area contributed by atoms with E-state index >= 15 is 0 Å². The number of fused-ring (bicyclic) bond motifs is 1. The smallest absolute Gasteiger partial charge is 0.137 e. The van der Waals surface area contributed by atoms with Crippen LogP contribution in [0.1, 0.15) is 46.7 Å². The Hall–Kier alpha value is -3.93. The minimum absolute atomic E-state index is 0.0712. The fraction of sp³-hybridized carbons (Fsp3) is 0.200. The first-order valence-corrected chi connectivity index (χ1v) is 11.8. The summed E-state index contributed by atoms with van der Waals surface area (Å²) in [6.07, 6.45) is 4.57. The molecule has 5 rings (SSSR count). The number of carbonyl (C=O) groups is 1. The summed E-state index contributed by atoms with van der Waals surface area (Å²) >= 11 is 0. The minimum Gasteiger partial charge on any atom is -0.364 e. The molecule has 0 saturated carbocycles. The fourth-order valence-corrected chi connectivity index (χ4v) is 4.86. The normalized spacial score (nSPS) is 13.4. The molecule has 0 N–H and O–H groups in total. The monoisotopic (exact) mass is 487 g/mol. The van der Waals surface area contributed by atoms with E-state index in [4.69, 9.17) is 4.52 Å². The van der Waals surface area contributed by atoms with Gasteiger partial charge in [0.2, 0.25) is 0 Å². The highest BCUT2D eigenvalue weighted by Gasteiger charge is 2.26. The summed E-state index contributed by atoms with van der Waals surface area (Å²) < 4.78 is 47.0. The summed E-state index contributed by atoms with van der Waals surface area (Å²) in [5, 5.41) is 4.21. The summed E-state index contributed by atoms with van der Waals surface area (Å²) in [5.41, 5.74) is 6.24. The van der Waals surface area contributed by atoms with Crippen LogP contribution in [0.15, 0.2) is 77.5 Å². The Morgan fingerprint density at radius 3 is 2.44 bits per heavy atom. The number of hydrogen-bond donors (Lipinski definition) is 0. The van der Waals surface area contributed by atoms with E-state index < -0.39 is 17.6 Å². The highest BCUT2D eigenvalue weighted by molar-refractivity contribution is 5.92. The third-order valence-electron chi connectivity index (χ3n) is 6.60. The Morgan fingerprint density at radius 2 is 1.69 bits per heavy atom. The quantitative estimate of drug-likeness (QED) is 0.260. The standard InChI is InChI=1S/C30H24F3NO2/c1-18-2-4-21(5-3-18)29-17-36-34-30(29)23(10-19-11-25(32)15-26(33)12-19)14-27(35)13-22-7-6-20-8-9-24(31)16-28(20)22/h2-5,7-9,11-12,15-17,23H,6,10,13-14H2,1H3/t23-/m1/s1. The molecule has 6 heteroatoms. The van der Waals surface area contributed by atoms with Crippen molar-refractivity contribution in [3.05, 3.63) is 118 Å². The predicted octanol–water partition coefficient (Wildman–Crippen LogP) is 7.38. The molecule has 0 radical (unpaired) electrons. The molecule has 0 bridgehead atoms. The summed E-state index contributed by atoms with van der Waals surface area (Å²) in [7, 11) is 0. The molecule has 0 aliphatic heterocycles. The average molecular weight is 488 g/mol. The van der Waals surface area contributed by atoms with Gasteiger partial charge in [-0.2, -0.15) is 0 Å². The van der Waals surface area contributed by atoms with E-state index in [0.29, 0.717) is 17.7 Å². The van der Waals surface area contributed by atoms with Crippen molar-refractivity contribution in [2.75, 3.05) is 0 Å². The van der Waals surface area contributed by atoms with Crippen LogP contribution in [-0.2, 0) is 17.6 Å². The number of Topliss-reactive ketones (excluding diaryl/α,β-unsaturated/α-hetero) is 1. The van der Waals surface area contributed by atoms with Crippen LogP contribution >= 0.6 is 0 Å². The summed E-state index contributed by atoms with van der Waals surface area (Å²) in [6, 6.07) is 15.8. The van der Waals surface area contributed by atoms with Gasteiger partial charge in [0.05, 0.1) is 5.69 Å². The van der Waals surface area contributed by atoms with E-state index in [9.17, 15) is 18.0 Å². The minimum atomic E-state index is -0.677. The number of nitrogens with zero attached hydrogens (tertiary/aromatic N) is 1. The molecule has 3 aromatic carbocycles. The molecule has 1 heterocycles. The van der Waals surface area contributed by atoms with E-state index in [1.165, 1.54) is 30.5 Å². The summed E-state index contributed by atoms with van der Waals surface area (Å²) in [6.45, 7) is 1.99. The molecule has 0 amide bonds. The van der Waals surface area contributed by atoms with Gasteiger partial charge in [-0.15, -0.1) is 0 Å². The molecular formula is C30H24F3NO2. The van der Waals surface area contributed by atoms with E-state index in [1.54, 1.807) is 6.07 Å². The van der Waals surface area contributed by atoms with Gasteiger partial charge in [-0.25, -0.2) is 13.2 Å². The largest absolute Gasteiger partial charge is 0.364 e. The molecule has 0 spiro atoms. The molecule has 0 fully saturated rings. The maximum Gasteiger partial charge on any atom is 0.137 e. The number of allylic oxidation sites excluding steroid dienone is 2. The third-order valence-corrected chi connectivity index (χ3v) is 6.60. The van der Waals surface area contributed by atoms with Gasteiger partial charge in [0.15, 0.2) is 0 Å². The zero-order chi connectivity index (χ0) is 25.2. The third kappa shape index (κ3) is 5.18. The van der Waals surface area contributed by atoms with Gasteiger partial charge in [-0.05, 0) is 71.9 Å². The zero-order valence-electron chi connectivity index (χ0n) is 19.7. The van der Waals surface area contributed by atoms with Crippen LogP contribution in [0.2, 0.25) is 0 Å². The Bertz CT molecular complexity index is 1430.